The van der Waals surface area contributed by atoms with E-state index in [2.05, 4.69) is 15.3 Å². The van der Waals surface area contributed by atoms with Crippen LogP contribution in [0.15, 0.2) is 79.4 Å². The van der Waals surface area contributed by atoms with Gasteiger partial charge in [0.1, 0.15) is 11.7 Å². The molecule has 1 aliphatic heterocycles. The van der Waals surface area contributed by atoms with Crippen molar-refractivity contribution in [3.05, 3.63) is 112 Å². The summed E-state index contributed by atoms with van der Waals surface area (Å²) in [6.07, 6.45) is 5.14. The van der Waals surface area contributed by atoms with Gasteiger partial charge in [-0.25, -0.2) is 4.98 Å². The largest absolute Gasteiger partial charge is 0.340 e. The van der Waals surface area contributed by atoms with E-state index in [1.54, 1.807) is 83.8 Å². The van der Waals surface area contributed by atoms with E-state index in [4.69, 9.17) is 11.6 Å². The minimum absolute atomic E-state index is 0.171. The molecule has 4 aromatic rings. The molecule has 1 aliphatic rings. The summed E-state index contributed by atoms with van der Waals surface area (Å²) in [6, 6.07) is 16.5. The maximum absolute atomic E-state index is 13.7. The van der Waals surface area contributed by atoms with Crippen LogP contribution in [0, 0.1) is 0 Å². The van der Waals surface area contributed by atoms with E-state index >= 15 is 0 Å². The lowest BCUT2D eigenvalue weighted by Gasteiger charge is -2.28. The lowest BCUT2D eigenvalue weighted by molar-refractivity contribution is -0.120. The van der Waals surface area contributed by atoms with Gasteiger partial charge in [-0.3, -0.25) is 19.4 Å². The first-order valence-electron chi connectivity index (χ1n) is 11.3. The molecule has 5 rings (SSSR count). The van der Waals surface area contributed by atoms with Gasteiger partial charge in [0.15, 0.2) is 0 Å². The molecule has 1 atom stereocenters. The minimum atomic E-state index is -0.798. The number of pyridine rings is 1. The van der Waals surface area contributed by atoms with Crippen LogP contribution in [-0.2, 0) is 24.8 Å². The quantitative estimate of drug-likeness (QED) is 0.406. The van der Waals surface area contributed by atoms with Crippen LogP contribution in [0.5, 0.6) is 0 Å². The number of benzene rings is 2. The molecule has 1 N–H and O–H groups in total. The molecule has 2 aromatic heterocycles. The number of aryl methyl sites for hydroxylation is 1. The number of amides is 2. The number of carbonyl (C=O) groups is 3. The van der Waals surface area contributed by atoms with Gasteiger partial charge >= 0.3 is 0 Å². The van der Waals surface area contributed by atoms with Crippen molar-refractivity contribution >= 4 is 34.9 Å². The molecule has 0 spiro atoms. The van der Waals surface area contributed by atoms with E-state index < -0.39 is 6.04 Å². The van der Waals surface area contributed by atoms with E-state index in [-0.39, 0.29) is 30.6 Å². The molecule has 0 fully saturated rings. The maximum Gasteiger partial charge on any atom is 0.256 e. The van der Waals surface area contributed by atoms with Gasteiger partial charge in [0.05, 0.1) is 17.6 Å². The molecule has 1 unspecified atom stereocenters. The summed E-state index contributed by atoms with van der Waals surface area (Å²) >= 11 is 6.12. The Labute approximate surface area is 212 Å². The number of ketones is 1. The highest BCUT2D eigenvalue weighted by Crippen LogP contribution is 2.28. The Morgan fingerprint density at radius 2 is 1.86 bits per heavy atom. The van der Waals surface area contributed by atoms with Crippen LogP contribution in [0.1, 0.15) is 37.7 Å². The van der Waals surface area contributed by atoms with Gasteiger partial charge < -0.3 is 14.8 Å². The standard InChI is InChI=1S/C27H22ClN5O3/c1-32-15-23(30-16-32)25(34)18-7-5-17(6-8-18)14-33-24(13-20-4-2-3-11-29-20)26(35)31-22-12-19(28)9-10-21(22)27(33)36/h2-12,15-16,24H,13-14H2,1H3,(H,31,35). The van der Waals surface area contributed by atoms with E-state index in [0.717, 1.165) is 5.56 Å². The fraction of sp³-hybridized carbons (Fsp3) is 0.148. The summed E-state index contributed by atoms with van der Waals surface area (Å²) in [5.41, 5.74) is 3.05. The zero-order valence-corrected chi connectivity index (χ0v) is 20.1. The molecular weight excluding hydrogens is 478 g/mol. The van der Waals surface area contributed by atoms with Crippen molar-refractivity contribution < 1.29 is 14.4 Å². The topological polar surface area (TPSA) is 97.2 Å². The number of anilines is 1. The zero-order valence-electron chi connectivity index (χ0n) is 19.4. The highest BCUT2D eigenvalue weighted by molar-refractivity contribution is 6.31. The third kappa shape index (κ3) is 4.76. The maximum atomic E-state index is 13.7. The Morgan fingerprint density at radius 3 is 2.56 bits per heavy atom. The lowest BCUT2D eigenvalue weighted by atomic mass is 10.0. The Balaban J connectivity index is 1.46. The van der Waals surface area contributed by atoms with Gasteiger partial charge in [-0.15, -0.1) is 0 Å². The number of aromatic nitrogens is 3. The fourth-order valence-corrected chi connectivity index (χ4v) is 4.37. The predicted molar refractivity (Wildman–Crippen MR) is 135 cm³/mol. The van der Waals surface area contributed by atoms with E-state index in [1.807, 2.05) is 12.1 Å². The van der Waals surface area contributed by atoms with Crippen molar-refractivity contribution in [1.29, 1.82) is 0 Å². The molecule has 0 bridgehead atoms. The molecule has 3 heterocycles. The number of imidazole rings is 1. The van der Waals surface area contributed by atoms with Gasteiger partial charge in [0.25, 0.3) is 5.91 Å². The summed E-state index contributed by atoms with van der Waals surface area (Å²) in [7, 11) is 1.80. The monoisotopic (exact) mass is 499 g/mol. The van der Waals surface area contributed by atoms with Crippen LogP contribution in [0.25, 0.3) is 0 Å². The lowest BCUT2D eigenvalue weighted by Crippen LogP contribution is -2.46. The van der Waals surface area contributed by atoms with Gasteiger partial charge in [-0.2, -0.15) is 0 Å². The Hall–Kier alpha value is -4.30. The minimum Gasteiger partial charge on any atom is -0.340 e. The van der Waals surface area contributed by atoms with Crippen molar-refractivity contribution in [3.8, 4) is 0 Å². The van der Waals surface area contributed by atoms with E-state index in [1.165, 1.54) is 0 Å². The molecule has 2 amide bonds. The smallest absolute Gasteiger partial charge is 0.256 e. The molecule has 0 saturated carbocycles. The van der Waals surface area contributed by atoms with Crippen LogP contribution >= 0.6 is 11.6 Å². The fourth-order valence-electron chi connectivity index (χ4n) is 4.20. The Kier molecular flexibility index (Phi) is 6.35. The van der Waals surface area contributed by atoms with Gasteiger partial charge in [0.2, 0.25) is 11.7 Å². The molecule has 180 valence electrons. The highest BCUT2D eigenvalue weighted by atomic mass is 35.5. The third-order valence-electron chi connectivity index (χ3n) is 6.04. The van der Waals surface area contributed by atoms with Crippen molar-refractivity contribution in [2.75, 3.05) is 5.32 Å². The predicted octanol–water partition coefficient (Wildman–Crippen LogP) is 3.91. The Bertz CT molecular complexity index is 1450. The zero-order chi connectivity index (χ0) is 25.2. The number of halogens is 1. The summed E-state index contributed by atoms with van der Waals surface area (Å²) in [5, 5.41) is 3.28. The summed E-state index contributed by atoms with van der Waals surface area (Å²) in [4.78, 5) is 49.7. The van der Waals surface area contributed by atoms with Gasteiger partial charge in [-0.1, -0.05) is 41.9 Å². The van der Waals surface area contributed by atoms with Crippen LogP contribution < -0.4 is 5.32 Å². The molecule has 36 heavy (non-hydrogen) atoms. The second-order valence-electron chi connectivity index (χ2n) is 8.60. The van der Waals surface area contributed by atoms with Crippen molar-refractivity contribution in [3.63, 3.8) is 0 Å². The molecule has 8 nitrogen and oxygen atoms in total. The van der Waals surface area contributed by atoms with Crippen molar-refractivity contribution in [2.24, 2.45) is 7.05 Å². The molecular formula is C27H22ClN5O3. The summed E-state index contributed by atoms with van der Waals surface area (Å²) in [6.45, 7) is 0.171. The first-order chi connectivity index (χ1) is 17.4. The van der Waals surface area contributed by atoms with Crippen LogP contribution in [0.4, 0.5) is 5.69 Å². The number of nitrogens with one attached hydrogen (secondary N) is 1. The summed E-state index contributed by atoms with van der Waals surface area (Å²) < 4.78 is 1.71. The number of fused-ring (bicyclic) bond motifs is 1. The highest BCUT2D eigenvalue weighted by Gasteiger charge is 2.36. The molecule has 0 aliphatic carbocycles. The molecule has 0 radical (unpaired) electrons. The normalized spacial score (nSPS) is 15.3. The van der Waals surface area contributed by atoms with Crippen molar-refractivity contribution in [2.45, 2.75) is 19.0 Å². The third-order valence-corrected chi connectivity index (χ3v) is 6.28. The second kappa shape index (κ2) is 9.75. The number of hydrogen-bond acceptors (Lipinski definition) is 5. The first kappa shape index (κ1) is 23.4. The van der Waals surface area contributed by atoms with Crippen LogP contribution in [0.2, 0.25) is 5.02 Å². The second-order valence-corrected chi connectivity index (χ2v) is 9.04. The number of hydrogen-bond donors (Lipinski definition) is 1. The average Bonchev–Trinajstić information content (AvgIpc) is 3.29. The SMILES string of the molecule is Cn1cnc(C(=O)c2ccc(CN3C(=O)c4ccc(Cl)cc4NC(=O)C3Cc3ccccn3)cc2)c1. The van der Waals surface area contributed by atoms with Crippen LogP contribution in [0.3, 0.4) is 0 Å². The molecule has 2 aromatic carbocycles. The van der Waals surface area contributed by atoms with Gasteiger partial charge in [-0.05, 0) is 35.9 Å². The summed E-state index contributed by atoms with van der Waals surface area (Å²) in [5.74, 6) is -0.808. The Morgan fingerprint density at radius 1 is 1.06 bits per heavy atom. The van der Waals surface area contributed by atoms with Crippen LogP contribution in [-0.4, -0.2) is 43.1 Å². The number of carbonyl (C=O) groups excluding carboxylic acids is 3. The van der Waals surface area contributed by atoms with Crippen molar-refractivity contribution in [1.82, 2.24) is 19.4 Å². The number of rotatable bonds is 6. The number of nitrogens with zero attached hydrogens (tertiary/aromatic N) is 4. The van der Waals surface area contributed by atoms with E-state index in [0.29, 0.717) is 33.2 Å². The molecule has 0 saturated heterocycles. The average molecular weight is 500 g/mol. The van der Waals surface area contributed by atoms with E-state index in [9.17, 15) is 14.4 Å². The molecule has 9 heteroatoms. The van der Waals surface area contributed by atoms with Gasteiger partial charge in [0, 0.05) is 48.7 Å². The first-order valence-corrected chi connectivity index (χ1v) is 11.7.